The minimum Gasteiger partial charge on any atom is -0.456 e. The van der Waals surface area contributed by atoms with Crippen LogP contribution in [-0.2, 0) is 59.4 Å². The summed E-state index contributed by atoms with van der Waals surface area (Å²) in [6.07, 6.45) is 5.70. The molecule has 1 saturated heterocycles. The van der Waals surface area contributed by atoms with Crippen LogP contribution in [0.2, 0.25) is 0 Å². The lowest BCUT2D eigenvalue weighted by molar-refractivity contribution is -0.689. The van der Waals surface area contributed by atoms with Gasteiger partial charge in [-0.1, -0.05) is 36.3 Å². The van der Waals surface area contributed by atoms with E-state index in [9.17, 15) is 24.0 Å². The molecule has 1 aromatic carbocycles. The van der Waals surface area contributed by atoms with Crippen molar-refractivity contribution in [2.45, 2.75) is 103 Å². The number of alkyl carbamates (subject to hydrolysis) is 1. The Bertz CT molecular complexity index is 2680. The monoisotopic (exact) mass is 970 g/mol. The van der Waals surface area contributed by atoms with Crippen LogP contribution in [-0.4, -0.2) is 93.1 Å². The minimum atomic E-state index is -1.02. The minimum absolute atomic E-state index is 0.0130. The molecule has 18 nitrogen and oxygen atoms in total. The van der Waals surface area contributed by atoms with Gasteiger partial charge in [-0.3, -0.25) is 35.5 Å². The fourth-order valence-electron chi connectivity index (χ4n) is 7.20. The van der Waals surface area contributed by atoms with Crippen molar-refractivity contribution in [2.24, 2.45) is 10.1 Å². The molecule has 0 saturated carbocycles. The molecule has 3 aliphatic heterocycles. The summed E-state index contributed by atoms with van der Waals surface area (Å²) in [5, 5.41) is 22.9. The number of thiophene rings is 1. The zero-order chi connectivity index (χ0) is 48.2. The standard InChI is InChI=1S/C46H51N9O9S3/c1-9-25-10-12-26(13-11-25)21-62-41(58)36-29(19-54-15-14-27-18-48-32(31(27)20-54)17-30-16-28(22-65-30)37(47)51-43(59)63-45(2,3)4)23-66-40-35(39(57)55(36)40)50-38(56)34(53-61-8)33-24-67-42(49-33)52-44(60)64-46(5,6)7/h10-16,18,20,22,24,32,35,40H,9,17,19,21,23H2,1-8H3,(H3-,47,49,50,51,52,56,59,60)/p+1/b53-34-/t32?,35-,40-/m1/s1. The number of aliphatic imine (C=N–C) groups is 1. The number of esters is 1. The summed E-state index contributed by atoms with van der Waals surface area (Å²) in [7, 11) is 1.27. The van der Waals surface area contributed by atoms with Gasteiger partial charge in [0, 0.05) is 62.4 Å². The third kappa shape index (κ3) is 11.9. The van der Waals surface area contributed by atoms with Crippen LogP contribution >= 0.6 is 34.4 Å². The van der Waals surface area contributed by atoms with Crippen molar-refractivity contribution in [1.29, 1.82) is 5.41 Å². The van der Waals surface area contributed by atoms with Gasteiger partial charge in [0.25, 0.3) is 11.8 Å². The molecule has 3 aromatic heterocycles. The Balaban J connectivity index is 1.08. The smallest absolute Gasteiger partial charge is 0.413 e. The number of oxime groups is 1. The summed E-state index contributed by atoms with van der Waals surface area (Å²) in [6, 6.07) is 10.3. The average Bonchev–Trinajstić information content (AvgIpc) is 4.03. The third-order valence-electron chi connectivity index (χ3n) is 10.3. The van der Waals surface area contributed by atoms with Gasteiger partial charge >= 0.3 is 18.2 Å². The van der Waals surface area contributed by atoms with Crippen molar-refractivity contribution in [3.63, 3.8) is 0 Å². The van der Waals surface area contributed by atoms with Crippen molar-refractivity contribution in [3.05, 3.63) is 109 Å². The van der Waals surface area contributed by atoms with Crippen LogP contribution in [0.1, 0.15) is 92.9 Å². The van der Waals surface area contributed by atoms with Gasteiger partial charge in [0.1, 0.15) is 53.6 Å². The molecule has 4 N–H and O–H groups in total. The van der Waals surface area contributed by atoms with Crippen molar-refractivity contribution >= 4 is 87.3 Å². The molecule has 4 amide bonds. The maximum absolute atomic E-state index is 14.2. The number of fused-ring (bicyclic) bond motifs is 2. The van der Waals surface area contributed by atoms with E-state index in [2.05, 4.69) is 33.0 Å². The number of aryl methyl sites for hydroxylation is 1. The van der Waals surface area contributed by atoms with Gasteiger partial charge in [-0.2, -0.15) is 0 Å². The van der Waals surface area contributed by atoms with Crippen molar-refractivity contribution in [3.8, 4) is 0 Å². The van der Waals surface area contributed by atoms with Crippen LogP contribution in [0.5, 0.6) is 0 Å². The van der Waals surface area contributed by atoms with Crippen LogP contribution in [0.15, 0.2) is 81.0 Å². The number of pyridine rings is 1. The van der Waals surface area contributed by atoms with Gasteiger partial charge in [-0.25, -0.2) is 23.9 Å². The number of thiazole rings is 1. The van der Waals surface area contributed by atoms with Gasteiger partial charge in [-0.05, 0) is 65.2 Å². The second-order valence-electron chi connectivity index (χ2n) is 17.7. The van der Waals surface area contributed by atoms with E-state index in [4.69, 9.17) is 29.4 Å². The molecule has 3 aliphatic rings. The largest absolute Gasteiger partial charge is 0.456 e. The number of carbonyl (C=O) groups excluding carboxylic acids is 5. The number of anilines is 1. The number of hydrogen-bond acceptors (Lipinski definition) is 16. The van der Waals surface area contributed by atoms with E-state index in [0.717, 1.165) is 44.9 Å². The molecule has 1 unspecified atom stereocenters. The summed E-state index contributed by atoms with van der Waals surface area (Å²) in [6.45, 7) is 12.7. The Hall–Kier alpha value is -6.45. The molecule has 4 aromatic rings. The Morgan fingerprint density at radius 3 is 2.40 bits per heavy atom. The van der Waals surface area contributed by atoms with Gasteiger partial charge in [0.15, 0.2) is 29.8 Å². The fraction of sp³-hybridized carbons (Fsp3) is 0.391. The predicted octanol–water partition coefficient (Wildman–Crippen LogP) is 6.42. The number of rotatable bonds is 14. The lowest BCUT2D eigenvalue weighted by Crippen LogP contribution is -2.71. The normalized spacial score (nSPS) is 17.8. The predicted molar refractivity (Wildman–Crippen MR) is 254 cm³/mol. The van der Waals surface area contributed by atoms with E-state index >= 15 is 0 Å². The number of aromatic nitrogens is 2. The van der Waals surface area contributed by atoms with Gasteiger partial charge < -0.3 is 24.4 Å². The molecule has 67 heavy (non-hydrogen) atoms. The number of ether oxygens (including phenoxy) is 3. The fourth-order valence-corrected chi connectivity index (χ4v) is 10.1. The highest BCUT2D eigenvalue weighted by Crippen LogP contribution is 2.41. The second kappa shape index (κ2) is 20.2. The molecule has 352 valence electrons. The lowest BCUT2D eigenvalue weighted by atomic mass is 10.0. The summed E-state index contributed by atoms with van der Waals surface area (Å²) in [4.78, 5) is 83.1. The van der Waals surface area contributed by atoms with Gasteiger partial charge in [0.05, 0.1) is 6.04 Å². The van der Waals surface area contributed by atoms with E-state index in [-0.39, 0.29) is 47.3 Å². The maximum atomic E-state index is 14.2. The SMILES string of the molecule is CCc1ccc(COC(=O)C2=C(C[n+]3ccc4c(c3)C(Cc3cc(C(=N)NC(=O)OC(C)(C)C)cs3)N=C4)CS[C@@H]3[C@H](NC(=O)/C(=N\OC)c4csc(NC(=O)OC(C)(C)C)n4)C(=O)N23)cc1. The maximum Gasteiger partial charge on any atom is 0.413 e. The van der Waals surface area contributed by atoms with Crippen LogP contribution in [0, 0.1) is 5.41 Å². The van der Waals surface area contributed by atoms with Crippen LogP contribution < -0.4 is 20.5 Å². The molecule has 0 spiro atoms. The van der Waals surface area contributed by atoms with E-state index in [0.29, 0.717) is 23.3 Å². The molecule has 0 radical (unpaired) electrons. The molecule has 3 atom stereocenters. The number of amidine groups is 1. The first kappa shape index (κ1) is 48.5. The third-order valence-corrected chi connectivity index (χ3v) is 13.3. The molecule has 1 fully saturated rings. The Labute approximate surface area is 399 Å². The quantitative estimate of drug-likeness (QED) is 0.0205. The number of carbonyl (C=O) groups is 5. The molecular weight excluding hydrogens is 919 g/mol. The van der Waals surface area contributed by atoms with Crippen molar-refractivity contribution < 1.29 is 47.6 Å². The van der Waals surface area contributed by atoms with Crippen LogP contribution in [0.25, 0.3) is 0 Å². The number of thioether (sulfide) groups is 1. The first-order valence-electron chi connectivity index (χ1n) is 21.3. The van der Waals surface area contributed by atoms with Crippen molar-refractivity contribution in [2.75, 3.05) is 18.2 Å². The molecular formula is C46H52N9O9S3+. The highest BCUT2D eigenvalue weighted by molar-refractivity contribution is 8.00. The first-order valence-corrected chi connectivity index (χ1v) is 24.1. The number of benzene rings is 1. The molecule has 0 bridgehead atoms. The molecule has 7 rings (SSSR count). The highest BCUT2D eigenvalue weighted by Gasteiger charge is 2.55. The zero-order valence-electron chi connectivity index (χ0n) is 38.3. The van der Waals surface area contributed by atoms with Crippen molar-refractivity contribution in [1.82, 2.24) is 20.5 Å². The van der Waals surface area contributed by atoms with E-state index < -0.39 is 52.6 Å². The summed E-state index contributed by atoms with van der Waals surface area (Å²) < 4.78 is 18.4. The summed E-state index contributed by atoms with van der Waals surface area (Å²) >= 11 is 3.91. The molecule has 6 heterocycles. The van der Waals surface area contributed by atoms with Crippen LogP contribution in [0.3, 0.4) is 0 Å². The topological polar surface area (TPSA) is 227 Å². The number of nitrogens with one attached hydrogen (secondary N) is 4. The van der Waals surface area contributed by atoms with E-state index in [1.807, 2.05) is 65.0 Å². The highest BCUT2D eigenvalue weighted by atomic mass is 32.2. The van der Waals surface area contributed by atoms with Crippen LogP contribution in [0.4, 0.5) is 14.7 Å². The Morgan fingerprint density at radius 1 is 0.985 bits per heavy atom. The average molecular weight is 971 g/mol. The van der Waals surface area contributed by atoms with E-state index in [1.54, 1.807) is 41.5 Å². The summed E-state index contributed by atoms with van der Waals surface area (Å²) in [5.74, 6) is -1.65. The second-order valence-corrected chi connectivity index (χ2v) is 20.6. The molecule has 21 heteroatoms. The number of hydrogen-bond donors (Lipinski definition) is 4. The summed E-state index contributed by atoms with van der Waals surface area (Å²) in [5.41, 5.74) is 3.60. The first-order chi connectivity index (χ1) is 31.8. The van der Waals surface area contributed by atoms with Gasteiger partial charge in [-0.15, -0.1) is 34.4 Å². The Morgan fingerprint density at radius 2 is 1.70 bits per heavy atom. The Kier molecular flexibility index (Phi) is 14.6. The zero-order valence-corrected chi connectivity index (χ0v) is 40.7. The van der Waals surface area contributed by atoms with E-state index in [1.165, 1.54) is 40.5 Å². The number of β-lactam (4-membered cyclic amide) rings is 1. The lowest BCUT2D eigenvalue weighted by Gasteiger charge is -2.49. The number of nitrogens with zero attached hydrogens (tertiary/aromatic N) is 5. The molecule has 0 aliphatic carbocycles. The van der Waals surface area contributed by atoms with Gasteiger partial charge in [0.2, 0.25) is 0 Å². The number of amides is 4.